The molecule has 1 heterocycles. The molecule has 19 heavy (non-hydrogen) atoms. The minimum atomic E-state index is -0.170. The van der Waals surface area contributed by atoms with Gasteiger partial charge in [0.2, 0.25) is 0 Å². The van der Waals surface area contributed by atoms with Crippen molar-refractivity contribution in [1.82, 2.24) is 4.90 Å². The number of carbonyl (C=O) groups excluding carboxylic acids is 1. The van der Waals surface area contributed by atoms with Gasteiger partial charge in [-0.05, 0) is 35.2 Å². The Morgan fingerprint density at radius 1 is 1.26 bits per heavy atom. The molecule has 0 aliphatic carbocycles. The molecule has 0 saturated carbocycles. The number of hydrogen-bond donors (Lipinski definition) is 0. The quantitative estimate of drug-likeness (QED) is 0.593. The lowest BCUT2D eigenvalue weighted by atomic mass is 9.95. The molecular formula is C15H20INO2. The zero-order valence-electron chi connectivity index (χ0n) is 11.1. The van der Waals surface area contributed by atoms with Gasteiger partial charge >= 0.3 is 6.09 Å². The van der Waals surface area contributed by atoms with Crippen LogP contribution in [0.1, 0.15) is 24.8 Å². The van der Waals surface area contributed by atoms with E-state index in [2.05, 4.69) is 22.6 Å². The largest absolute Gasteiger partial charge is 0.445 e. The number of halogens is 1. The zero-order valence-corrected chi connectivity index (χ0v) is 13.2. The molecule has 1 aromatic carbocycles. The van der Waals surface area contributed by atoms with Gasteiger partial charge in [-0.2, -0.15) is 0 Å². The number of amides is 1. The van der Waals surface area contributed by atoms with E-state index in [1.165, 1.54) is 10.8 Å². The van der Waals surface area contributed by atoms with E-state index in [1.54, 1.807) is 0 Å². The zero-order chi connectivity index (χ0) is 13.5. The topological polar surface area (TPSA) is 29.5 Å². The summed E-state index contributed by atoms with van der Waals surface area (Å²) in [5, 5.41) is 0. The highest BCUT2D eigenvalue weighted by Gasteiger charge is 2.23. The summed E-state index contributed by atoms with van der Waals surface area (Å²) in [4.78, 5) is 13.8. The molecule has 1 aliphatic heterocycles. The Kier molecular flexibility index (Phi) is 5.94. The maximum Gasteiger partial charge on any atom is 0.410 e. The molecule has 2 rings (SSSR count). The Morgan fingerprint density at radius 3 is 2.58 bits per heavy atom. The molecule has 1 aliphatic rings. The first-order valence-electron chi connectivity index (χ1n) is 6.81. The van der Waals surface area contributed by atoms with Crippen molar-refractivity contribution in [3.8, 4) is 0 Å². The second kappa shape index (κ2) is 7.72. The Balaban J connectivity index is 1.73. The number of piperidine rings is 1. The van der Waals surface area contributed by atoms with Crippen LogP contribution in [0.5, 0.6) is 0 Å². The Bertz CT molecular complexity index is 388. The lowest BCUT2D eigenvalue weighted by Gasteiger charge is -2.31. The molecule has 1 amide bonds. The summed E-state index contributed by atoms with van der Waals surface area (Å²) in [6.45, 7) is 2.05. The number of carbonyl (C=O) groups is 1. The highest BCUT2D eigenvalue weighted by Crippen LogP contribution is 2.21. The van der Waals surface area contributed by atoms with Gasteiger partial charge in [-0.25, -0.2) is 4.79 Å². The van der Waals surface area contributed by atoms with Gasteiger partial charge in [0.15, 0.2) is 0 Å². The Hall–Kier alpha value is -0.780. The van der Waals surface area contributed by atoms with Gasteiger partial charge in [-0.3, -0.25) is 0 Å². The third-order valence-corrected chi connectivity index (χ3v) is 4.22. The summed E-state index contributed by atoms with van der Waals surface area (Å²) < 4.78 is 6.56. The molecule has 4 heteroatoms. The van der Waals surface area contributed by atoms with Crippen LogP contribution < -0.4 is 0 Å². The SMILES string of the molecule is O=C(OCc1ccccc1)N1CCC(CCI)CC1. The van der Waals surface area contributed by atoms with Crippen LogP contribution in [0.15, 0.2) is 30.3 Å². The maximum atomic E-state index is 11.9. The van der Waals surface area contributed by atoms with Gasteiger partial charge in [0.05, 0.1) is 0 Å². The monoisotopic (exact) mass is 373 g/mol. The average molecular weight is 373 g/mol. The minimum Gasteiger partial charge on any atom is -0.445 e. The van der Waals surface area contributed by atoms with E-state index in [-0.39, 0.29) is 6.09 Å². The summed E-state index contributed by atoms with van der Waals surface area (Å²) >= 11 is 2.42. The lowest BCUT2D eigenvalue weighted by Crippen LogP contribution is -2.38. The van der Waals surface area contributed by atoms with Crippen LogP contribution in [0.3, 0.4) is 0 Å². The van der Waals surface area contributed by atoms with Crippen LogP contribution in [-0.2, 0) is 11.3 Å². The summed E-state index contributed by atoms with van der Waals surface area (Å²) in [6.07, 6.45) is 3.33. The van der Waals surface area contributed by atoms with Gasteiger partial charge in [0.25, 0.3) is 0 Å². The number of nitrogens with zero attached hydrogens (tertiary/aromatic N) is 1. The normalized spacial score (nSPS) is 16.4. The summed E-state index contributed by atoms with van der Waals surface area (Å²) in [5.41, 5.74) is 1.04. The van der Waals surface area contributed by atoms with Crippen molar-refractivity contribution in [2.75, 3.05) is 17.5 Å². The van der Waals surface area contributed by atoms with Crippen LogP contribution >= 0.6 is 22.6 Å². The van der Waals surface area contributed by atoms with Crippen molar-refractivity contribution in [3.63, 3.8) is 0 Å². The molecule has 1 fully saturated rings. The second-order valence-electron chi connectivity index (χ2n) is 4.95. The van der Waals surface area contributed by atoms with Crippen molar-refractivity contribution in [2.24, 2.45) is 5.92 Å². The molecule has 104 valence electrons. The second-order valence-corrected chi connectivity index (χ2v) is 6.03. The molecular weight excluding hydrogens is 353 g/mol. The number of ether oxygens (including phenoxy) is 1. The van der Waals surface area contributed by atoms with E-state index in [0.717, 1.165) is 37.4 Å². The van der Waals surface area contributed by atoms with Gasteiger partial charge < -0.3 is 9.64 Å². The first kappa shape index (κ1) is 14.6. The molecule has 3 nitrogen and oxygen atoms in total. The van der Waals surface area contributed by atoms with Crippen LogP contribution in [-0.4, -0.2) is 28.5 Å². The van der Waals surface area contributed by atoms with E-state index in [1.807, 2.05) is 35.2 Å². The summed E-state index contributed by atoms with van der Waals surface area (Å²) in [7, 11) is 0. The van der Waals surface area contributed by atoms with Crippen LogP contribution in [0.25, 0.3) is 0 Å². The van der Waals surface area contributed by atoms with Crippen molar-refractivity contribution < 1.29 is 9.53 Å². The minimum absolute atomic E-state index is 0.170. The number of benzene rings is 1. The molecule has 0 bridgehead atoms. The van der Waals surface area contributed by atoms with Gasteiger partial charge in [-0.15, -0.1) is 0 Å². The molecule has 0 atom stereocenters. The van der Waals surface area contributed by atoms with Crippen LogP contribution in [0.4, 0.5) is 4.79 Å². The van der Waals surface area contributed by atoms with E-state index >= 15 is 0 Å². The number of likely N-dealkylation sites (tertiary alicyclic amines) is 1. The van der Waals surface area contributed by atoms with Gasteiger partial charge in [0.1, 0.15) is 6.61 Å². The number of rotatable bonds is 4. The fraction of sp³-hybridized carbons (Fsp3) is 0.533. The van der Waals surface area contributed by atoms with E-state index in [0.29, 0.717) is 6.61 Å². The highest BCUT2D eigenvalue weighted by atomic mass is 127. The smallest absolute Gasteiger partial charge is 0.410 e. The first-order chi connectivity index (χ1) is 9.29. The Morgan fingerprint density at radius 2 is 1.95 bits per heavy atom. The fourth-order valence-corrected chi connectivity index (χ4v) is 3.25. The number of hydrogen-bond acceptors (Lipinski definition) is 2. The predicted octanol–water partition coefficient (Wildman–Crippen LogP) is 3.86. The lowest BCUT2D eigenvalue weighted by molar-refractivity contribution is 0.0821. The molecule has 0 aromatic heterocycles. The Labute approximate surface area is 128 Å². The predicted molar refractivity (Wildman–Crippen MR) is 84.4 cm³/mol. The van der Waals surface area contributed by atoms with E-state index in [9.17, 15) is 4.79 Å². The van der Waals surface area contributed by atoms with Crippen molar-refractivity contribution in [3.05, 3.63) is 35.9 Å². The van der Waals surface area contributed by atoms with Gasteiger partial charge in [-0.1, -0.05) is 52.9 Å². The maximum absolute atomic E-state index is 11.9. The number of alkyl halides is 1. The fourth-order valence-electron chi connectivity index (χ4n) is 2.37. The molecule has 0 radical (unpaired) electrons. The van der Waals surface area contributed by atoms with Crippen molar-refractivity contribution in [2.45, 2.75) is 25.9 Å². The third-order valence-electron chi connectivity index (χ3n) is 3.60. The molecule has 1 aromatic rings. The summed E-state index contributed by atoms with van der Waals surface area (Å²) in [6, 6.07) is 9.82. The highest BCUT2D eigenvalue weighted by molar-refractivity contribution is 14.1. The van der Waals surface area contributed by atoms with E-state index < -0.39 is 0 Å². The third kappa shape index (κ3) is 4.67. The van der Waals surface area contributed by atoms with Gasteiger partial charge in [0, 0.05) is 13.1 Å². The van der Waals surface area contributed by atoms with Crippen LogP contribution in [0.2, 0.25) is 0 Å². The molecule has 1 saturated heterocycles. The standard InChI is InChI=1S/C15H20INO2/c16-9-6-13-7-10-17(11-8-13)15(18)19-12-14-4-2-1-3-5-14/h1-5,13H,6-12H2. The van der Waals surface area contributed by atoms with E-state index in [4.69, 9.17) is 4.74 Å². The van der Waals surface area contributed by atoms with Crippen molar-refractivity contribution >= 4 is 28.7 Å². The van der Waals surface area contributed by atoms with Crippen LogP contribution in [0, 0.1) is 5.92 Å². The average Bonchev–Trinajstić information content (AvgIpc) is 2.47. The molecule has 0 unspecified atom stereocenters. The first-order valence-corrected chi connectivity index (χ1v) is 8.33. The molecule has 0 N–H and O–H groups in total. The molecule has 0 spiro atoms. The van der Waals surface area contributed by atoms with Crippen molar-refractivity contribution in [1.29, 1.82) is 0 Å². The summed E-state index contributed by atoms with van der Waals surface area (Å²) in [5.74, 6) is 0.787.